The van der Waals surface area contributed by atoms with Gasteiger partial charge in [-0.3, -0.25) is 9.36 Å². The number of amides is 1. The third-order valence-electron chi connectivity index (χ3n) is 5.63. The van der Waals surface area contributed by atoms with E-state index in [9.17, 15) is 19.6 Å². The van der Waals surface area contributed by atoms with E-state index in [2.05, 4.69) is 30.9 Å². The second-order valence-corrected chi connectivity index (χ2v) is 12.7. The number of carbonyl (C=O) groups is 1. The number of aromatic hydroxyl groups is 2. The van der Waals surface area contributed by atoms with Crippen molar-refractivity contribution >= 4 is 30.3 Å². The number of nitrogens with zero attached hydrogens (tertiary/aromatic N) is 2. The van der Waals surface area contributed by atoms with Crippen molar-refractivity contribution in [1.82, 2.24) is 4.57 Å². The molecule has 9 nitrogen and oxygen atoms in total. The average Bonchev–Trinajstić information content (AvgIpc) is 2.95. The number of nitrogens with two attached hydrogens (primary N) is 1. The van der Waals surface area contributed by atoms with Crippen LogP contribution in [0.2, 0.25) is 0 Å². The van der Waals surface area contributed by atoms with E-state index in [1.165, 1.54) is 6.07 Å². The molecule has 0 bridgehead atoms. The van der Waals surface area contributed by atoms with E-state index in [-0.39, 0.29) is 51.6 Å². The molecule has 1 aromatic carbocycles. The van der Waals surface area contributed by atoms with Gasteiger partial charge in [-0.05, 0) is 30.9 Å². The number of amidine groups is 1. The number of rotatable bonds is 6. The second kappa shape index (κ2) is 8.78. The molecule has 0 saturated heterocycles. The van der Waals surface area contributed by atoms with E-state index in [1.54, 1.807) is 23.6 Å². The first-order valence-electron chi connectivity index (χ1n) is 11.3. The topological polar surface area (TPSA) is 139 Å². The Hall–Kier alpha value is -2.77. The average molecular weight is 491 g/mol. The summed E-state index contributed by atoms with van der Waals surface area (Å²) in [5.41, 5.74) is 5.84. The molecule has 0 saturated carbocycles. The van der Waals surface area contributed by atoms with Gasteiger partial charge in [0.05, 0.1) is 28.9 Å². The van der Waals surface area contributed by atoms with Crippen LogP contribution < -0.4 is 16.4 Å². The molecule has 3 rings (SSSR count). The zero-order valence-electron chi connectivity index (χ0n) is 20.9. The van der Waals surface area contributed by atoms with Gasteiger partial charge in [0.1, 0.15) is 5.56 Å². The highest BCUT2D eigenvalue weighted by Gasteiger charge is 2.39. The van der Waals surface area contributed by atoms with Crippen molar-refractivity contribution in [1.29, 1.82) is 0 Å². The Bertz CT molecular complexity index is 1200. The maximum Gasteiger partial charge on any atom is 0.348 e. The number of aromatic nitrogens is 1. The van der Waals surface area contributed by atoms with E-state index in [0.717, 1.165) is 6.42 Å². The Kier molecular flexibility index (Phi) is 6.68. The van der Waals surface area contributed by atoms with Crippen molar-refractivity contribution in [3.63, 3.8) is 0 Å². The number of carbonyl (C=O) groups excluding carboxylic acids is 1. The van der Waals surface area contributed by atoms with Crippen molar-refractivity contribution in [2.24, 2.45) is 15.9 Å². The van der Waals surface area contributed by atoms with Crippen LogP contribution in [0.25, 0.3) is 0 Å². The molecule has 1 amide bonds. The zero-order chi connectivity index (χ0) is 25.6. The standard InChI is InChI=1S/C24H35N4O5P/c1-8-33-34(32)15-11-9-10-14(20(25)30)17(15)26-21(27-34)16-18(29)19(24(5,6)7)28(22(16)31)13-12-23(2,3)4/h9-11,29,31H,8,12-13H2,1-7H3,(H2,25,30)(H,26,27,32). The fraction of sp³-hybridized carbons (Fsp3) is 0.500. The lowest BCUT2D eigenvalue weighted by Gasteiger charge is -2.26. The van der Waals surface area contributed by atoms with Gasteiger partial charge in [0.15, 0.2) is 11.6 Å². The number of hydrogen-bond donors (Lipinski definition) is 4. The Morgan fingerprint density at radius 2 is 1.85 bits per heavy atom. The summed E-state index contributed by atoms with van der Waals surface area (Å²) in [5, 5.41) is 25.8. The van der Waals surface area contributed by atoms with Gasteiger partial charge in [0.2, 0.25) is 5.88 Å². The van der Waals surface area contributed by atoms with Crippen molar-refractivity contribution in [3.8, 4) is 11.6 Å². The number of primary amides is 1. The molecule has 0 spiro atoms. The van der Waals surface area contributed by atoms with Crippen LogP contribution in [0, 0.1) is 5.41 Å². The molecule has 1 aliphatic heterocycles. The first kappa shape index (κ1) is 25.8. The van der Waals surface area contributed by atoms with Gasteiger partial charge in [-0.15, -0.1) is 0 Å². The Morgan fingerprint density at radius 1 is 1.21 bits per heavy atom. The maximum atomic E-state index is 13.8. The summed E-state index contributed by atoms with van der Waals surface area (Å²) in [6.07, 6.45) is 0.739. The smallest absolute Gasteiger partial charge is 0.348 e. The number of para-hydroxylation sites is 1. The summed E-state index contributed by atoms with van der Waals surface area (Å²) in [6, 6.07) is 4.62. The highest BCUT2D eigenvalue weighted by atomic mass is 31.2. The number of anilines is 1. The summed E-state index contributed by atoms with van der Waals surface area (Å²) < 4.78 is 25.4. The number of fused-ring (bicyclic) bond motifs is 1. The number of benzene rings is 1. The molecule has 2 aromatic rings. The first-order chi connectivity index (χ1) is 15.6. The highest BCUT2D eigenvalue weighted by Crippen LogP contribution is 2.54. The predicted octanol–water partition coefficient (Wildman–Crippen LogP) is 4.46. The van der Waals surface area contributed by atoms with Crippen LogP contribution in [0.4, 0.5) is 5.69 Å². The summed E-state index contributed by atoms with van der Waals surface area (Å²) in [6.45, 7) is 14.3. The van der Waals surface area contributed by atoms with E-state index in [0.29, 0.717) is 12.2 Å². The molecule has 5 N–H and O–H groups in total. The van der Waals surface area contributed by atoms with Gasteiger partial charge in [-0.1, -0.05) is 47.6 Å². The van der Waals surface area contributed by atoms with Crippen molar-refractivity contribution < 1.29 is 24.1 Å². The second-order valence-electron chi connectivity index (χ2n) is 10.7. The quantitative estimate of drug-likeness (QED) is 0.441. The molecule has 1 atom stereocenters. The summed E-state index contributed by atoms with van der Waals surface area (Å²) in [4.78, 5) is 12.1. The fourth-order valence-corrected chi connectivity index (χ4v) is 5.86. The number of nitrogens with one attached hydrogen (secondary N) is 1. The Labute approximate surface area is 200 Å². The fourth-order valence-electron chi connectivity index (χ4n) is 4.06. The number of hydrogen-bond acceptors (Lipinski definition) is 6. The van der Waals surface area contributed by atoms with E-state index in [4.69, 9.17) is 10.3 Å². The normalized spacial score (nSPS) is 18.3. The summed E-state index contributed by atoms with van der Waals surface area (Å²) >= 11 is 0. The van der Waals surface area contributed by atoms with E-state index < -0.39 is 18.8 Å². The minimum absolute atomic E-state index is 0.00341. The van der Waals surface area contributed by atoms with E-state index >= 15 is 0 Å². The van der Waals surface area contributed by atoms with Crippen LogP contribution in [0.5, 0.6) is 11.6 Å². The molecule has 0 radical (unpaired) electrons. The van der Waals surface area contributed by atoms with Gasteiger partial charge in [-0.25, -0.2) is 0 Å². The molecular weight excluding hydrogens is 455 g/mol. The highest BCUT2D eigenvalue weighted by molar-refractivity contribution is 7.66. The molecule has 1 aliphatic rings. The van der Waals surface area contributed by atoms with Crippen LogP contribution in [0.15, 0.2) is 23.0 Å². The van der Waals surface area contributed by atoms with Crippen molar-refractivity contribution in [3.05, 3.63) is 35.0 Å². The molecule has 2 heterocycles. The van der Waals surface area contributed by atoms with Crippen LogP contribution in [0.1, 0.15) is 76.5 Å². The van der Waals surface area contributed by atoms with Crippen LogP contribution in [-0.2, 0) is 21.0 Å². The molecule has 0 aliphatic carbocycles. The molecule has 1 aromatic heterocycles. The molecular formula is C24H35N4O5P. The van der Waals surface area contributed by atoms with Crippen LogP contribution in [-0.4, -0.2) is 33.1 Å². The largest absolute Gasteiger partial charge is 0.505 e. The monoisotopic (exact) mass is 490 g/mol. The maximum absolute atomic E-state index is 13.8. The minimum atomic E-state index is -3.83. The van der Waals surface area contributed by atoms with E-state index in [1.807, 2.05) is 20.8 Å². The molecule has 1 unspecified atom stereocenters. The lowest BCUT2D eigenvalue weighted by molar-refractivity contribution is 0.100. The zero-order valence-corrected chi connectivity index (χ0v) is 21.8. The van der Waals surface area contributed by atoms with Gasteiger partial charge in [0, 0.05) is 12.0 Å². The SMILES string of the molecule is CCOP1(=O)N=C(c2c(O)c(C(C)(C)C)n(CCC(C)(C)C)c2O)Nc2c(C(N)=O)cccc21. The lowest BCUT2D eigenvalue weighted by atomic mass is 9.89. The predicted molar refractivity (Wildman–Crippen MR) is 135 cm³/mol. The van der Waals surface area contributed by atoms with Crippen LogP contribution >= 0.6 is 7.52 Å². The summed E-state index contributed by atoms with van der Waals surface area (Å²) in [7, 11) is -3.83. The van der Waals surface area contributed by atoms with Crippen molar-refractivity contribution in [2.75, 3.05) is 11.9 Å². The molecule has 10 heteroatoms. The first-order valence-corrected chi connectivity index (χ1v) is 12.9. The van der Waals surface area contributed by atoms with Gasteiger partial charge in [-0.2, -0.15) is 4.76 Å². The third-order valence-corrected chi connectivity index (χ3v) is 7.69. The molecule has 186 valence electrons. The van der Waals surface area contributed by atoms with Gasteiger partial charge < -0.3 is 30.4 Å². The minimum Gasteiger partial charge on any atom is -0.505 e. The van der Waals surface area contributed by atoms with Crippen molar-refractivity contribution in [2.45, 2.75) is 66.8 Å². The molecule has 0 fully saturated rings. The molecule has 34 heavy (non-hydrogen) atoms. The van der Waals surface area contributed by atoms with Gasteiger partial charge >= 0.3 is 7.52 Å². The van der Waals surface area contributed by atoms with Gasteiger partial charge in [0.25, 0.3) is 5.91 Å². The lowest BCUT2D eigenvalue weighted by Crippen LogP contribution is -2.29. The Morgan fingerprint density at radius 3 is 2.38 bits per heavy atom. The summed E-state index contributed by atoms with van der Waals surface area (Å²) in [5.74, 6) is -1.15. The van der Waals surface area contributed by atoms with Crippen LogP contribution in [0.3, 0.4) is 0 Å². The Balaban J connectivity index is 2.27. The third kappa shape index (κ3) is 4.72.